The maximum atomic E-state index is 7.44. The van der Waals surface area contributed by atoms with Crippen LogP contribution in [0.1, 0.15) is 6.92 Å². The van der Waals surface area contributed by atoms with Crippen molar-refractivity contribution in [3.05, 3.63) is 133 Å². The molecule has 6 nitrogen and oxygen atoms in total. The van der Waals surface area contributed by atoms with Crippen molar-refractivity contribution < 1.29 is 20.1 Å². The maximum absolute atomic E-state index is 7.44. The number of rotatable bonds is 3. The first-order valence-corrected chi connectivity index (χ1v) is 13.3. The smallest absolute Gasteiger partial charge is 0.814 e. The van der Waals surface area contributed by atoms with Crippen LogP contribution in [0.15, 0.2) is 115 Å². The van der Waals surface area contributed by atoms with Gasteiger partial charge >= 0.3 is 20.1 Å². The number of imidazole rings is 2. The van der Waals surface area contributed by atoms with Crippen LogP contribution in [0.3, 0.4) is 0 Å². The minimum absolute atomic E-state index is 0. The fourth-order valence-corrected chi connectivity index (χ4v) is 4.58. The second-order valence-electron chi connectivity index (χ2n) is 9.19. The molecule has 0 aliphatic carbocycles. The quantitative estimate of drug-likeness (QED) is 0.138. The van der Waals surface area contributed by atoms with E-state index < -0.39 is 0 Å². The molecule has 4 aromatic carbocycles. The van der Waals surface area contributed by atoms with Gasteiger partial charge in [0.05, 0.1) is 33.7 Å². The molecular weight excluding hydrogens is 697 g/mol. The summed E-state index contributed by atoms with van der Waals surface area (Å²) < 4.78 is 4.22. The van der Waals surface area contributed by atoms with Crippen LogP contribution in [0.5, 0.6) is 0 Å². The first-order valence-electron chi connectivity index (χ1n) is 13.3. The molecular formula is C35H29IrN6. The number of fused-ring (bicyclic) bond motifs is 2. The van der Waals surface area contributed by atoms with Crippen molar-refractivity contribution in [2.75, 3.05) is 0 Å². The van der Waals surface area contributed by atoms with Gasteiger partial charge < -0.3 is 19.5 Å². The van der Waals surface area contributed by atoms with Crippen LogP contribution in [0.2, 0.25) is 0 Å². The van der Waals surface area contributed by atoms with Gasteiger partial charge in [-0.1, -0.05) is 54.4 Å². The number of para-hydroxylation sites is 4. The summed E-state index contributed by atoms with van der Waals surface area (Å²) >= 11 is 0. The van der Waals surface area contributed by atoms with Gasteiger partial charge in [-0.3, -0.25) is 9.97 Å². The Hall–Kier alpha value is -4.71. The monoisotopic (exact) mass is 726 g/mol. The molecule has 0 aliphatic rings. The summed E-state index contributed by atoms with van der Waals surface area (Å²) in [4.78, 5) is 13.8. The minimum atomic E-state index is 0. The van der Waals surface area contributed by atoms with Crippen molar-refractivity contribution in [2.45, 2.75) is 6.92 Å². The predicted octanol–water partition coefficient (Wildman–Crippen LogP) is 7.79. The average Bonchev–Trinajstić information content (AvgIpc) is 3.55. The zero-order chi connectivity index (χ0) is 28.6. The van der Waals surface area contributed by atoms with E-state index in [1.165, 1.54) is 0 Å². The van der Waals surface area contributed by atoms with Crippen LogP contribution in [-0.2, 0) is 34.2 Å². The number of pyridine rings is 1. The van der Waals surface area contributed by atoms with Crippen molar-refractivity contribution in [2.24, 2.45) is 14.1 Å². The molecule has 0 aliphatic heterocycles. The fourth-order valence-electron chi connectivity index (χ4n) is 4.58. The Bertz CT molecular complexity index is 1760. The number of hydrogen-bond donors (Lipinski definition) is 0. The van der Waals surface area contributed by atoms with Crippen molar-refractivity contribution in [1.82, 2.24) is 24.1 Å². The van der Waals surface area contributed by atoms with E-state index in [1.54, 1.807) is 13.1 Å². The fraction of sp³-hybridized carbons (Fsp3) is 0.0857. The molecule has 0 fully saturated rings. The van der Waals surface area contributed by atoms with E-state index in [0.29, 0.717) is 0 Å². The van der Waals surface area contributed by atoms with Gasteiger partial charge in [0, 0.05) is 20.3 Å². The second kappa shape index (κ2) is 14.3. The topological polar surface area (TPSA) is 70.8 Å². The molecule has 0 bridgehead atoms. The third-order valence-electron chi connectivity index (χ3n) is 6.50. The van der Waals surface area contributed by atoms with Crippen molar-refractivity contribution in [3.8, 4) is 34.0 Å². The van der Waals surface area contributed by atoms with Gasteiger partial charge in [-0.25, -0.2) is 6.21 Å². The van der Waals surface area contributed by atoms with Crippen molar-refractivity contribution in [3.63, 3.8) is 0 Å². The van der Waals surface area contributed by atoms with E-state index in [-0.39, 0.29) is 20.1 Å². The van der Waals surface area contributed by atoms with Crippen LogP contribution in [0.25, 0.3) is 61.5 Å². The van der Waals surface area contributed by atoms with Crippen LogP contribution in [0.4, 0.5) is 0 Å². The van der Waals surface area contributed by atoms with E-state index in [4.69, 9.17) is 15.4 Å². The summed E-state index contributed by atoms with van der Waals surface area (Å²) in [5.41, 5.74) is 8.16. The van der Waals surface area contributed by atoms with E-state index in [2.05, 4.69) is 38.4 Å². The van der Waals surface area contributed by atoms with Gasteiger partial charge in [0.2, 0.25) is 0 Å². The Labute approximate surface area is 259 Å². The van der Waals surface area contributed by atoms with Crippen LogP contribution >= 0.6 is 0 Å². The molecule has 0 atom stereocenters. The van der Waals surface area contributed by atoms with Crippen LogP contribution < -0.4 is 0 Å². The van der Waals surface area contributed by atoms with Gasteiger partial charge in [-0.05, 0) is 36.0 Å². The third-order valence-corrected chi connectivity index (χ3v) is 6.50. The Morgan fingerprint density at radius 2 is 1.14 bits per heavy atom. The zero-order valence-electron chi connectivity index (χ0n) is 23.6. The molecule has 42 heavy (non-hydrogen) atoms. The van der Waals surface area contributed by atoms with Gasteiger partial charge in [0.25, 0.3) is 0 Å². The Kier molecular flexibility index (Phi) is 10.3. The first kappa shape index (κ1) is 30.3. The predicted molar refractivity (Wildman–Crippen MR) is 168 cm³/mol. The molecule has 7 heteroatoms. The number of nitrogens with zero attached hydrogens (tertiary/aromatic N) is 6. The standard InChI is InChI=1S/C22H17N4.C11H8N.C2H4N.Ir/c1-25-19-12-5-3-10-17(19)23-21(25)15-8-7-9-16(14-15)22-24-18-11-4-6-13-20(18)26(22)2;1-2-6-10(7-3-1)11-8-4-5-9-12-11;1-2-3;/h3-13H,1-2H3;1-6,8-9H;2H,1H3;/q3*-1;+3. The van der Waals surface area contributed by atoms with Gasteiger partial charge in [-0.15, -0.1) is 60.2 Å². The van der Waals surface area contributed by atoms with E-state index in [9.17, 15) is 0 Å². The summed E-state index contributed by atoms with van der Waals surface area (Å²) in [5, 5.41) is 7.44. The second-order valence-corrected chi connectivity index (χ2v) is 9.19. The molecule has 7 aromatic rings. The van der Waals surface area contributed by atoms with Gasteiger partial charge in [0.1, 0.15) is 0 Å². The molecule has 3 aromatic heterocycles. The molecule has 0 N–H and O–H groups in total. The summed E-state index contributed by atoms with van der Waals surface area (Å²) in [6, 6.07) is 42.8. The molecule has 0 saturated heterocycles. The number of aryl methyl sites for hydroxylation is 2. The molecule has 0 amide bonds. The molecule has 7 rings (SSSR count). The normalized spacial score (nSPS) is 10.2. The summed E-state index contributed by atoms with van der Waals surface area (Å²) in [6.07, 6.45) is 2.79. The largest absolute Gasteiger partial charge is 3.00 e. The Balaban J connectivity index is 0.000000212. The molecule has 208 valence electrons. The summed E-state index contributed by atoms with van der Waals surface area (Å²) in [7, 11) is 4.08. The molecule has 0 radical (unpaired) electrons. The SMILES string of the molecule is CC=[N-].Cn1c(-c2[c-]c(-c3nc4ccccc4n3C)ccc2)nc2ccccc21.[Ir+3].[c-]1ccccc1-c1ccccn1. The van der Waals surface area contributed by atoms with Gasteiger partial charge in [-0.2, -0.15) is 0 Å². The molecule has 0 saturated carbocycles. The van der Waals surface area contributed by atoms with Crippen LogP contribution in [0, 0.1) is 12.1 Å². The van der Waals surface area contributed by atoms with Crippen LogP contribution in [-0.4, -0.2) is 30.3 Å². The maximum Gasteiger partial charge on any atom is 3.00 e. The summed E-state index contributed by atoms with van der Waals surface area (Å²) in [6.45, 7) is 1.56. The minimum Gasteiger partial charge on any atom is -0.814 e. The number of hydrogen-bond acceptors (Lipinski definition) is 3. The average molecular weight is 726 g/mol. The number of benzene rings is 4. The molecule has 0 spiro atoms. The molecule has 3 heterocycles. The molecule has 0 unspecified atom stereocenters. The first-order chi connectivity index (χ1) is 20.1. The Morgan fingerprint density at radius 3 is 1.62 bits per heavy atom. The Morgan fingerprint density at radius 1 is 0.643 bits per heavy atom. The van der Waals surface area contributed by atoms with Gasteiger partial charge in [0.15, 0.2) is 0 Å². The van der Waals surface area contributed by atoms with Crippen molar-refractivity contribution >= 4 is 28.3 Å². The van der Waals surface area contributed by atoms with E-state index >= 15 is 0 Å². The number of aromatic nitrogens is 5. The summed E-state index contributed by atoms with van der Waals surface area (Å²) in [5.74, 6) is 1.82. The van der Waals surface area contributed by atoms with E-state index in [0.717, 1.165) is 62.3 Å². The van der Waals surface area contributed by atoms with Crippen molar-refractivity contribution in [1.29, 1.82) is 0 Å². The zero-order valence-corrected chi connectivity index (χ0v) is 26.0. The third kappa shape index (κ3) is 6.60. The van der Waals surface area contributed by atoms with E-state index in [1.807, 2.05) is 111 Å².